The minimum Gasteiger partial charge on any atom is -0.381 e. The second-order valence-corrected chi connectivity index (χ2v) is 7.68. The van der Waals surface area contributed by atoms with Gasteiger partial charge in [0, 0.05) is 38.5 Å². The Labute approximate surface area is 153 Å². The van der Waals surface area contributed by atoms with Crippen LogP contribution in [0, 0.1) is 5.92 Å². The van der Waals surface area contributed by atoms with Gasteiger partial charge in [-0.3, -0.25) is 4.79 Å². The maximum absolute atomic E-state index is 11.8. The molecule has 8 heteroatoms. The number of rotatable bonds is 7. The Bertz CT molecular complexity index is 579. The number of guanidine groups is 1. The summed E-state index contributed by atoms with van der Waals surface area (Å²) in [6.45, 7) is 7.38. The summed E-state index contributed by atoms with van der Waals surface area (Å²) in [7, 11) is 3.47. The van der Waals surface area contributed by atoms with Crippen molar-refractivity contribution in [2.24, 2.45) is 10.9 Å². The van der Waals surface area contributed by atoms with E-state index in [4.69, 9.17) is 4.74 Å². The second-order valence-electron chi connectivity index (χ2n) is 6.74. The maximum Gasteiger partial charge on any atom is 0.243 e. The van der Waals surface area contributed by atoms with E-state index in [0.29, 0.717) is 24.3 Å². The lowest BCUT2D eigenvalue weighted by atomic mass is 10.1. The third kappa shape index (κ3) is 6.62. The Kier molecular flexibility index (Phi) is 7.64. The SMILES string of the molecule is CC(C)c1csc(CNC(=NCC(=O)N(C)C)NCC2CCOC2)n1. The summed E-state index contributed by atoms with van der Waals surface area (Å²) in [5, 5.41) is 9.71. The molecule has 1 amide bonds. The third-order valence-corrected chi connectivity index (χ3v) is 4.89. The summed E-state index contributed by atoms with van der Waals surface area (Å²) in [5.74, 6) is 1.53. The van der Waals surface area contributed by atoms with Gasteiger partial charge in [-0.2, -0.15) is 0 Å². The van der Waals surface area contributed by atoms with Gasteiger partial charge in [0.25, 0.3) is 0 Å². The van der Waals surface area contributed by atoms with Gasteiger partial charge in [-0.05, 0) is 12.3 Å². The fourth-order valence-corrected chi connectivity index (χ4v) is 3.17. The molecule has 7 nitrogen and oxygen atoms in total. The van der Waals surface area contributed by atoms with E-state index in [0.717, 1.165) is 36.9 Å². The molecule has 1 unspecified atom stereocenters. The maximum atomic E-state index is 11.8. The highest BCUT2D eigenvalue weighted by Crippen LogP contribution is 2.17. The molecule has 1 aromatic heterocycles. The van der Waals surface area contributed by atoms with Gasteiger partial charge in [0.1, 0.15) is 11.6 Å². The van der Waals surface area contributed by atoms with E-state index < -0.39 is 0 Å². The van der Waals surface area contributed by atoms with E-state index in [1.807, 2.05) is 0 Å². The van der Waals surface area contributed by atoms with Crippen molar-refractivity contribution in [1.82, 2.24) is 20.5 Å². The number of carbonyl (C=O) groups excluding carboxylic acids is 1. The Morgan fingerprint density at radius 1 is 1.48 bits per heavy atom. The lowest BCUT2D eigenvalue weighted by Gasteiger charge is -2.15. The molecule has 1 atom stereocenters. The fraction of sp³-hybridized carbons (Fsp3) is 0.706. The molecule has 2 rings (SSSR count). The molecule has 0 bridgehead atoms. The van der Waals surface area contributed by atoms with Gasteiger partial charge in [-0.1, -0.05) is 13.8 Å². The molecule has 0 spiro atoms. The van der Waals surface area contributed by atoms with E-state index in [-0.39, 0.29) is 12.5 Å². The summed E-state index contributed by atoms with van der Waals surface area (Å²) in [6, 6.07) is 0. The van der Waals surface area contributed by atoms with Crippen LogP contribution in [0.4, 0.5) is 0 Å². The van der Waals surface area contributed by atoms with Crippen LogP contribution in [0.2, 0.25) is 0 Å². The smallest absolute Gasteiger partial charge is 0.243 e. The average Bonchev–Trinajstić information content (AvgIpc) is 3.25. The number of carbonyl (C=O) groups is 1. The Morgan fingerprint density at radius 3 is 2.88 bits per heavy atom. The highest BCUT2D eigenvalue weighted by atomic mass is 32.1. The van der Waals surface area contributed by atoms with Crippen molar-refractivity contribution in [3.05, 3.63) is 16.1 Å². The quantitative estimate of drug-likeness (QED) is 0.563. The molecular weight excluding hydrogens is 338 g/mol. The van der Waals surface area contributed by atoms with E-state index in [2.05, 4.69) is 39.8 Å². The predicted molar refractivity (Wildman–Crippen MR) is 101 cm³/mol. The normalized spacial score (nSPS) is 17.8. The lowest BCUT2D eigenvalue weighted by molar-refractivity contribution is -0.127. The predicted octanol–water partition coefficient (Wildman–Crippen LogP) is 1.43. The van der Waals surface area contributed by atoms with Gasteiger partial charge < -0.3 is 20.3 Å². The minimum absolute atomic E-state index is 0.0263. The summed E-state index contributed by atoms with van der Waals surface area (Å²) in [5.41, 5.74) is 1.11. The van der Waals surface area contributed by atoms with Crippen molar-refractivity contribution in [2.75, 3.05) is 40.4 Å². The van der Waals surface area contributed by atoms with E-state index in [1.165, 1.54) is 0 Å². The van der Waals surface area contributed by atoms with Gasteiger partial charge >= 0.3 is 0 Å². The minimum atomic E-state index is -0.0263. The van der Waals surface area contributed by atoms with Crippen molar-refractivity contribution in [3.8, 4) is 0 Å². The molecule has 0 radical (unpaired) electrons. The molecule has 0 aliphatic carbocycles. The molecule has 1 aliphatic heterocycles. The number of hydrogen-bond acceptors (Lipinski definition) is 5. The molecule has 1 fully saturated rings. The number of likely N-dealkylation sites (N-methyl/N-ethyl adjacent to an activating group) is 1. The summed E-state index contributed by atoms with van der Waals surface area (Å²) in [4.78, 5) is 22.4. The van der Waals surface area contributed by atoms with Crippen LogP contribution in [0.25, 0.3) is 0 Å². The number of aromatic nitrogens is 1. The molecule has 0 saturated carbocycles. The van der Waals surface area contributed by atoms with E-state index in [1.54, 1.807) is 30.3 Å². The highest BCUT2D eigenvalue weighted by Gasteiger charge is 2.16. The van der Waals surface area contributed by atoms with Crippen molar-refractivity contribution in [2.45, 2.75) is 32.7 Å². The topological polar surface area (TPSA) is 78.9 Å². The first-order valence-electron chi connectivity index (χ1n) is 8.70. The first-order chi connectivity index (χ1) is 12.0. The van der Waals surface area contributed by atoms with Crippen molar-refractivity contribution < 1.29 is 9.53 Å². The lowest BCUT2D eigenvalue weighted by Crippen LogP contribution is -2.40. The molecule has 140 valence electrons. The van der Waals surface area contributed by atoms with Crippen LogP contribution in [-0.4, -0.2) is 62.1 Å². The molecule has 0 aromatic carbocycles. The van der Waals surface area contributed by atoms with Crippen LogP contribution < -0.4 is 10.6 Å². The first-order valence-corrected chi connectivity index (χ1v) is 9.58. The van der Waals surface area contributed by atoms with Crippen LogP contribution in [0.1, 0.15) is 36.9 Å². The van der Waals surface area contributed by atoms with Crippen molar-refractivity contribution in [1.29, 1.82) is 0 Å². The van der Waals surface area contributed by atoms with Gasteiger partial charge in [0.05, 0.1) is 18.8 Å². The number of nitrogens with zero attached hydrogens (tertiary/aromatic N) is 3. The first kappa shape index (κ1) is 19.7. The number of ether oxygens (including phenoxy) is 1. The second kappa shape index (κ2) is 9.72. The number of hydrogen-bond donors (Lipinski definition) is 2. The van der Waals surface area contributed by atoms with Crippen molar-refractivity contribution in [3.63, 3.8) is 0 Å². The molecule has 2 N–H and O–H groups in total. The van der Waals surface area contributed by atoms with Gasteiger partial charge in [0.2, 0.25) is 5.91 Å². The number of nitrogens with one attached hydrogen (secondary N) is 2. The monoisotopic (exact) mass is 367 g/mol. The molecule has 1 saturated heterocycles. The number of thiazole rings is 1. The van der Waals surface area contributed by atoms with E-state index in [9.17, 15) is 4.79 Å². The summed E-state index contributed by atoms with van der Waals surface area (Å²) in [6.07, 6.45) is 1.06. The zero-order valence-electron chi connectivity index (χ0n) is 15.5. The molecule has 1 aromatic rings. The van der Waals surface area contributed by atoms with Gasteiger partial charge in [-0.25, -0.2) is 9.98 Å². The molecular formula is C17H29N5O2S. The largest absolute Gasteiger partial charge is 0.381 e. The summed E-state index contributed by atoms with van der Waals surface area (Å²) < 4.78 is 5.40. The zero-order chi connectivity index (χ0) is 18.2. The highest BCUT2D eigenvalue weighted by molar-refractivity contribution is 7.09. The third-order valence-electron chi connectivity index (χ3n) is 4.02. The van der Waals surface area contributed by atoms with Crippen LogP contribution in [0.5, 0.6) is 0 Å². The molecule has 25 heavy (non-hydrogen) atoms. The standard InChI is InChI=1S/C17H29N5O2S/c1-12(2)14-11-25-15(21-14)8-19-17(20-9-16(23)22(3)4)18-7-13-5-6-24-10-13/h11-13H,5-10H2,1-4H3,(H2,18,19,20). The fourth-order valence-electron chi connectivity index (χ4n) is 2.28. The average molecular weight is 368 g/mol. The van der Waals surface area contributed by atoms with Crippen molar-refractivity contribution >= 4 is 23.2 Å². The van der Waals surface area contributed by atoms with Crippen LogP contribution in [0.3, 0.4) is 0 Å². The van der Waals surface area contributed by atoms with Gasteiger partial charge in [-0.15, -0.1) is 11.3 Å². The Morgan fingerprint density at radius 2 is 2.28 bits per heavy atom. The number of aliphatic imine (C=N–C) groups is 1. The molecule has 2 heterocycles. The number of amides is 1. The van der Waals surface area contributed by atoms with Crippen LogP contribution >= 0.6 is 11.3 Å². The molecule has 1 aliphatic rings. The summed E-state index contributed by atoms with van der Waals surface area (Å²) >= 11 is 1.64. The zero-order valence-corrected chi connectivity index (χ0v) is 16.4. The van der Waals surface area contributed by atoms with Crippen LogP contribution in [-0.2, 0) is 16.1 Å². The van der Waals surface area contributed by atoms with Gasteiger partial charge in [0.15, 0.2) is 5.96 Å². The van der Waals surface area contributed by atoms with Crippen LogP contribution in [0.15, 0.2) is 10.4 Å². The van der Waals surface area contributed by atoms with E-state index >= 15 is 0 Å². The Hall–Kier alpha value is -1.67. The Balaban J connectivity index is 1.91.